The first-order valence-corrected chi connectivity index (χ1v) is 15.3. The minimum atomic E-state index is -0.896. The molecule has 1 heterocycles. The first-order valence-electron chi connectivity index (χ1n) is 15.3. The van der Waals surface area contributed by atoms with E-state index >= 15 is 0 Å². The molecular weight excluding hydrogens is 606 g/mol. The number of non-ortho nitro benzene ring substituents is 1. The van der Waals surface area contributed by atoms with Crippen LogP contribution in [0.5, 0.6) is 0 Å². The monoisotopic (exact) mass is 647 g/mol. The second-order valence-corrected chi connectivity index (χ2v) is 11.7. The van der Waals surface area contributed by atoms with E-state index in [-0.39, 0.29) is 41.8 Å². The van der Waals surface area contributed by atoms with Crippen LogP contribution in [0.4, 0.5) is 5.69 Å². The first kappa shape index (κ1) is 36.0. The number of ether oxygens (including phenoxy) is 2. The average molecular weight is 648 g/mol. The van der Waals surface area contributed by atoms with Crippen LogP contribution < -0.4 is 22.6 Å². The number of esters is 2. The molecule has 1 aliphatic heterocycles. The zero-order chi connectivity index (χ0) is 32.5. The second-order valence-electron chi connectivity index (χ2n) is 11.7. The van der Waals surface area contributed by atoms with Gasteiger partial charge in [0.1, 0.15) is 13.2 Å². The zero-order valence-electron chi connectivity index (χ0n) is 26.9. The van der Waals surface area contributed by atoms with Crippen LogP contribution in [0.3, 0.4) is 0 Å². The van der Waals surface area contributed by atoms with Gasteiger partial charge in [0.2, 0.25) is 0 Å². The van der Waals surface area contributed by atoms with E-state index < -0.39 is 28.9 Å². The van der Waals surface area contributed by atoms with Gasteiger partial charge in [0.25, 0.3) is 5.69 Å². The van der Waals surface area contributed by atoms with Crippen LogP contribution >= 0.6 is 0 Å². The second kappa shape index (κ2) is 16.7. The molecule has 4 rings (SSSR count). The number of hydrogen-bond donors (Lipinski definition) is 2. The highest BCUT2D eigenvalue weighted by molar-refractivity contribution is 6.00. The summed E-state index contributed by atoms with van der Waals surface area (Å²) in [4.78, 5) is 39.3. The number of allylic oxidation sites excluding steroid dienone is 2. The van der Waals surface area contributed by atoms with Crippen molar-refractivity contribution >= 4 is 17.6 Å². The van der Waals surface area contributed by atoms with Crippen molar-refractivity contribution in [2.45, 2.75) is 52.1 Å². The predicted molar refractivity (Wildman–Crippen MR) is 173 cm³/mol. The summed E-state index contributed by atoms with van der Waals surface area (Å²) in [6, 6.07) is 26.9. The smallest absolute Gasteiger partial charge is 0.337 e. The Morgan fingerprint density at radius 2 is 1.43 bits per heavy atom. The van der Waals surface area contributed by atoms with Gasteiger partial charge in [-0.25, -0.2) is 9.59 Å². The van der Waals surface area contributed by atoms with Gasteiger partial charge >= 0.3 is 11.9 Å². The SMILES string of the molecule is CC1=C(C(=O)OCC[NH+](C)CCC(c2ccccc2)c2ccccc2)C(c2cccc([N+](=O)[O-])c2)C(C(=O)OC(C)C)=C(C)N1.[Cl-]. The van der Waals surface area contributed by atoms with Gasteiger partial charge in [0, 0.05) is 35.9 Å². The molecule has 0 radical (unpaired) electrons. The van der Waals surface area contributed by atoms with E-state index in [1.807, 2.05) is 12.1 Å². The van der Waals surface area contributed by atoms with E-state index in [0.717, 1.165) is 13.0 Å². The number of carbonyl (C=O) groups excluding carboxylic acids is 2. The van der Waals surface area contributed by atoms with E-state index in [1.165, 1.54) is 28.2 Å². The quantitative estimate of drug-likeness (QED) is 0.166. The molecule has 2 atom stereocenters. The number of nitro benzene ring substituents is 1. The van der Waals surface area contributed by atoms with Crippen molar-refractivity contribution in [3.05, 3.63) is 134 Å². The van der Waals surface area contributed by atoms with Crippen LogP contribution in [0.1, 0.15) is 62.6 Å². The molecule has 0 aliphatic carbocycles. The summed E-state index contributed by atoms with van der Waals surface area (Å²) in [5.74, 6) is -1.83. The summed E-state index contributed by atoms with van der Waals surface area (Å²) >= 11 is 0. The molecule has 0 bridgehead atoms. The summed E-state index contributed by atoms with van der Waals surface area (Å²) in [6.07, 6.45) is 0.523. The lowest BCUT2D eigenvalue weighted by atomic mass is 9.80. The van der Waals surface area contributed by atoms with Crippen molar-refractivity contribution in [2.24, 2.45) is 0 Å². The van der Waals surface area contributed by atoms with Gasteiger partial charge in [-0.3, -0.25) is 10.1 Å². The van der Waals surface area contributed by atoms with Crippen molar-refractivity contribution in [3.63, 3.8) is 0 Å². The molecule has 3 aromatic rings. The van der Waals surface area contributed by atoms with Crippen molar-refractivity contribution in [1.29, 1.82) is 0 Å². The topological polar surface area (TPSA) is 112 Å². The predicted octanol–water partition coefficient (Wildman–Crippen LogP) is 2.07. The van der Waals surface area contributed by atoms with Crippen LogP contribution in [-0.2, 0) is 19.1 Å². The fraction of sp³-hybridized carbons (Fsp3) is 0.333. The molecule has 0 saturated heterocycles. The molecule has 0 amide bonds. The number of nitro groups is 1. The number of nitrogens with zero attached hydrogens (tertiary/aromatic N) is 1. The number of benzene rings is 3. The molecule has 0 aromatic heterocycles. The molecule has 0 saturated carbocycles. The van der Waals surface area contributed by atoms with Crippen LogP contribution in [0, 0.1) is 10.1 Å². The van der Waals surface area contributed by atoms with Gasteiger partial charge in [-0.15, -0.1) is 0 Å². The van der Waals surface area contributed by atoms with Gasteiger partial charge in [0.15, 0.2) is 0 Å². The Labute approximate surface area is 276 Å². The summed E-state index contributed by atoms with van der Waals surface area (Å²) < 4.78 is 11.3. The normalized spacial score (nSPS) is 15.2. The highest BCUT2D eigenvalue weighted by Crippen LogP contribution is 2.40. The number of rotatable bonds is 13. The number of dihydropyridines is 1. The highest BCUT2D eigenvalue weighted by atomic mass is 35.5. The summed E-state index contributed by atoms with van der Waals surface area (Å²) in [7, 11) is 2.07. The van der Waals surface area contributed by atoms with Crippen LogP contribution in [0.15, 0.2) is 107 Å². The van der Waals surface area contributed by atoms with Gasteiger partial charge in [-0.05, 0) is 44.4 Å². The van der Waals surface area contributed by atoms with E-state index in [0.29, 0.717) is 23.5 Å². The molecule has 244 valence electrons. The minimum absolute atomic E-state index is 0. The van der Waals surface area contributed by atoms with E-state index in [4.69, 9.17) is 9.47 Å². The van der Waals surface area contributed by atoms with Crippen molar-refractivity contribution in [3.8, 4) is 0 Å². The Hall–Kier alpha value is -4.47. The Bertz CT molecular complexity index is 1530. The summed E-state index contributed by atoms with van der Waals surface area (Å²) in [5.41, 5.74) is 4.30. The molecule has 46 heavy (non-hydrogen) atoms. The number of carbonyl (C=O) groups is 2. The number of quaternary nitrogens is 1. The van der Waals surface area contributed by atoms with Crippen LogP contribution in [-0.4, -0.2) is 49.7 Å². The van der Waals surface area contributed by atoms with Crippen LogP contribution in [0.2, 0.25) is 0 Å². The number of hydrogen-bond acceptors (Lipinski definition) is 7. The molecule has 2 N–H and O–H groups in total. The van der Waals surface area contributed by atoms with E-state index in [1.54, 1.807) is 39.8 Å². The van der Waals surface area contributed by atoms with Gasteiger partial charge in [-0.2, -0.15) is 0 Å². The van der Waals surface area contributed by atoms with Gasteiger partial charge < -0.3 is 32.1 Å². The minimum Gasteiger partial charge on any atom is -1.00 e. The van der Waals surface area contributed by atoms with Crippen LogP contribution in [0.25, 0.3) is 0 Å². The molecule has 2 unspecified atom stereocenters. The lowest BCUT2D eigenvalue weighted by Gasteiger charge is -2.31. The maximum Gasteiger partial charge on any atom is 0.337 e. The fourth-order valence-electron chi connectivity index (χ4n) is 5.77. The third-order valence-electron chi connectivity index (χ3n) is 7.98. The number of nitrogens with one attached hydrogen (secondary N) is 2. The molecular formula is C36H42ClN3O6. The zero-order valence-corrected chi connectivity index (χ0v) is 27.7. The van der Waals surface area contributed by atoms with Gasteiger partial charge in [-0.1, -0.05) is 72.8 Å². The summed E-state index contributed by atoms with van der Waals surface area (Å²) in [6.45, 7) is 8.55. The van der Waals surface area contributed by atoms with Crippen molar-refractivity contribution in [1.82, 2.24) is 5.32 Å². The first-order chi connectivity index (χ1) is 21.6. The van der Waals surface area contributed by atoms with Gasteiger partial charge in [0.05, 0.1) is 41.7 Å². The third-order valence-corrected chi connectivity index (χ3v) is 7.98. The Morgan fingerprint density at radius 1 is 0.870 bits per heavy atom. The number of halogens is 1. The standard InChI is InChI=1S/C36H41N3O6.ClH/c1-24(2)45-36(41)33-26(4)37-25(3)32(34(33)29-17-12-18-30(23-29)39(42)43)35(40)44-22-21-38(5)20-19-31(27-13-8-6-9-14-27)28-15-10-7-11-16-28;/h6-18,23-24,31,34,37H,19-22H2,1-5H3;1H. The molecule has 1 aliphatic rings. The highest BCUT2D eigenvalue weighted by Gasteiger charge is 2.39. The lowest BCUT2D eigenvalue weighted by Crippen LogP contribution is -3.09. The molecule has 10 heteroatoms. The largest absolute Gasteiger partial charge is 1.00 e. The summed E-state index contributed by atoms with van der Waals surface area (Å²) in [5, 5.41) is 14.7. The number of likely N-dealkylation sites (N-methyl/N-ethyl adjacent to an activating group) is 1. The average Bonchev–Trinajstić information content (AvgIpc) is 3.01. The maximum atomic E-state index is 13.7. The molecule has 3 aromatic carbocycles. The lowest BCUT2D eigenvalue weighted by molar-refractivity contribution is -0.880. The van der Waals surface area contributed by atoms with E-state index in [2.05, 4.69) is 60.9 Å². The molecule has 9 nitrogen and oxygen atoms in total. The van der Waals surface area contributed by atoms with Crippen molar-refractivity contribution < 1.29 is 41.3 Å². The Morgan fingerprint density at radius 3 is 1.98 bits per heavy atom. The fourth-order valence-corrected chi connectivity index (χ4v) is 5.77. The maximum absolute atomic E-state index is 13.7. The Balaban J connectivity index is 0.00000576. The van der Waals surface area contributed by atoms with Crippen molar-refractivity contribution in [2.75, 3.05) is 26.7 Å². The molecule has 0 fully saturated rings. The Kier molecular flexibility index (Phi) is 13.1. The van der Waals surface area contributed by atoms with E-state index in [9.17, 15) is 19.7 Å². The molecule has 0 spiro atoms. The third kappa shape index (κ3) is 9.05.